The number of urea groups is 1. The first kappa shape index (κ1) is 25.6. The number of imide groups is 1. The molecule has 36 heavy (non-hydrogen) atoms. The third-order valence-corrected chi connectivity index (χ3v) is 6.15. The lowest BCUT2D eigenvalue weighted by Crippen LogP contribution is -2.47. The molecular formula is C23H24F5N5O3. The minimum Gasteiger partial charge on any atom is -0.446 e. The van der Waals surface area contributed by atoms with E-state index in [1.807, 2.05) is 4.90 Å². The van der Waals surface area contributed by atoms with E-state index < -0.39 is 41.5 Å². The first-order valence-corrected chi connectivity index (χ1v) is 11.3. The van der Waals surface area contributed by atoms with Crippen molar-refractivity contribution in [3.63, 3.8) is 0 Å². The molecule has 1 aromatic carbocycles. The number of ether oxygens (including phenoxy) is 1. The van der Waals surface area contributed by atoms with Crippen LogP contribution in [0.2, 0.25) is 0 Å². The number of nitrogens with zero attached hydrogens (tertiary/aromatic N) is 3. The van der Waals surface area contributed by atoms with Crippen molar-refractivity contribution in [1.82, 2.24) is 20.5 Å². The molecule has 2 N–H and O–H groups in total. The summed E-state index contributed by atoms with van der Waals surface area (Å²) in [6.07, 6.45) is -3.01. The van der Waals surface area contributed by atoms with Gasteiger partial charge < -0.3 is 20.3 Å². The van der Waals surface area contributed by atoms with Gasteiger partial charge in [-0.2, -0.15) is 13.2 Å². The lowest BCUT2D eigenvalue weighted by atomic mass is 10.0. The highest BCUT2D eigenvalue weighted by molar-refractivity contribution is 5.92. The van der Waals surface area contributed by atoms with Crippen molar-refractivity contribution >= 4 is 17.9 Å². The largest absolute Gasteiger partial charge is 0.446 e. The van der Waals surface area contributed by atoms with Crippen LogP contribution in [0.4, 0.5) is 37.4 Å². The Labute approximate surface area is 203 Å². The van der Waals surface area contributed by atoms with E-state index >= 15 is 0 Å². The number of hydrogen-bond acceptors (Lipinski definition) is 6. The molecule has 2 aliphatic heterocycles. The van der Waals surface area contributed by atoms with E-state index in [9.17, 15) is 31.5 Å². The van der Waals surface area contributed by atoms with Gasteiger partial charge in [0, 0.05) is 38.4 Å². The highest BCUT2D eigenvalue weighted by Gasteiger charge is 2.39. The van der Waals surface area contributed by atoms with Crippen molar-refractivity contribution in [2.45, 2.75) is 31.1 Å². The SMILES string of the molecule is O=C(NCCNC1CCN(c2ccc(C(F)(F)F)cn2)CC1)N1C(=O)OCC1c1ccc(F)c(F)c1. The number of piperidine rings is 1. The minimum absolute atomic E-state index is 0.138. The molecule has 8 nitrogen and oxygen atoms in total. The quantitative estimate of drug-likeness (QED) is 0.451. The average molecular weight is 513 g/mol. The fourth-order valence-corrected chi connectivity index (χ4v) is 4.20. The van der Waals surface area contributed by atoms with E-state index in [0.29, 0.717) is 25.5 Å². The molecule has 3 heterocycles. The molecule has 1 aromatic heterocycles. The number of halogens is 5. The molecule has 3 amide bonds. The zero-order chi connectivity index (χ0) is 25.9. The number of anilines is 1. The molecule has 2 fully saturated rings. The van der Waals surface area contributed by atoms with Gasteiger partial charge in [-0.05, 0) is 42.7 Å². The summed E-state index contributed by atoms with van der Waals surface area (Å²) in [5, 5.41) is 5.92. The van der Waals surface area contributed by atoms with Gasteiger partial charge in [0.25, 0.3) is 0 Å². The van der Waals surface area contributed by atoms with Crippen molar-refractivity contribution in [1.29, 1.82) is 0 Å². The predicted octanol–water partition coefficient (Wildman–Crippen LogP) is 3.84. The zero-order valence-corrected chi connectivity index (χ0v) is 19.0. The van der Waals surface area contributed by atoms with Crippen LogP contribution >= 0.6 is 0 Å². The molecule has 0 spiro atoms. The Morgan fingerprint density at radius 3 is 2.47 bits per heavy atom. The fraction of sp³-hybridized carbons (Fsp3) is 0.435. The number of carbonyl (C=O) groups excluding carboxylic acids is 2. The second-order valence-corrected chi connectivity index (χ2v) is 8.49. The summed E-state index contributed by atoms with van der Waals surface area (Å²) in [5.74, 6) is -1.63. The van der Waals surface area contributed by atoms with Gasteiger partial charge in [-0.1, -0.05) is 6.07 Å². The number of hydrogen-bond donors (Lipinski definition) is 2. The summed E-state index contributed by atoms with van der Waals surface area (Å²) in [6, 6.07) is 4.08. The van der Waals surface area contributed by atoms with Crippen molar-refractivity contribution in [2.24, 2.45) is 0 Å². The lowest BCUT2D eigenvalue weighted by molar-refractivity contribution is -0.137. The number of benzene rings is 1. The molecule has 4 rings (SSSR count). The number of rotatable bonds is 6. The van der Waals surface area contributed by atoms with E-state index in [1.165, 1.54) is 12.1 Å². The Bertz CT molecular complexity index is 1090. The molecule has 1 unspecified atom stereocenters. The van der Waals surface area contributed by atoms with Crippen LogP contribution in [0, 0.1) is 11.6 Å². The standard InChI is InChI=1S/C23H24F5N5O3/c24-17-3-1-14(11-18(17)25)19-13-36-22(35)33(19)21(34)30-8-7-29-16-5-9-32(10-6-16)20-4-2-15(12-31-20)23(26,27)28/h1-4,11-12,16,19,29H,5-10,13H2,(H,30,34). The highest BCUT2D eigenvalue weighted by Crippen LogP contribution is 2.30. The maximum absolute atomic E-state index is 13.6. The maximum atomic E-state index is 13.6. The second kappa shape index (κ2) is 10.6. The molecule has 2 aromatic rings. The van der Waals surface area contributed by atoms with E-state index in [2.05, 4.69) is 15.6 Å². The Kier molecular flexibility index (Phi) is 7.57. The van der Waals surface area contributed by atoms with Gasteiger partial charge in [-0.3, -0.25) is 0 Å². The summed E-state index contributed by atoms with van der Waals surface area (Å²) < 4.78 is 69.8. The molecular weight excluding hydrogens is 489 g/mol. The summed E-state index contributed by atoms with van der Waals surface area (Å²) in [5.41, 5.74) is -0.550. The normalized spacial score (nSPS) is 18.9. The van der Waals surface area contributed by atoms with Crippen molar-refractivity contribution in [3.05, 3.63) is 59.3 Å². The highest BCUT2D eigenvalue weighted by atomic mass is 19.4. The molecule has 194 valence electrons. The summed E-state index contributed by atoms with van der Waals surface area (Å²) >= 11 is 0. The zero-order valence-electron chi connectivity index (χ0n) is 19.0. The van der Waals surface area contributed by atoms with Gasteiger partial charge in [-0.15, -0.1) is 0 Å². The smallest absolute Gasteiger partial charge is 0.418 e. The summed E-state index contributed by atoms with van der Waals surface area (Å²) in [6.45, 7) is 1.67. The number of cyclic esters (lactones) is 1. The molecule has 0 aliphatic carbocycles. The Hall–Kier alpha value is -3.48. The van der Waals surface area contributed by atoms with Gasteiger partial charge in [-0.25, -0.2) is 28.3 Å². The van der Waals surface area contributed by atoms with Crippen molar-refractivity contribution in [2.75, 3.05) is 37.7 Å². The van der Waals surface area contributed by atoms with Crippen LogP contribution in [0.5, 0.6) is 0 Å². The van der Waals surface area contributed by atoms with Crippen LogP contribution in [0.25, 0.3) is 0 Å². The number of nitrogens with one attached hydrogen (secondary N) is 2. The molecule has 2 aliphatic rings. The van der Waals surface area contributed by atoms with E-state index in [-0.39, 0.29) is 24.8 Å². The van der Waals surface area contributed by atoms with E-state index in [1.54, 1.807) is 0 Å². The van der Waals surface area contributed by atoms with Gasteiger partial charge in [0.1, 0.15) is 18.5 Å². The van der Waals surface area contributed by atoms with Crippen molar-refractivity contribution in [3.8, 4) is 0 Å². The van der Waals surface area contributed by atoms with Gasteiger partial charge in [0.2, 0.25) is 0 Å². The fourth-order valence-electron chi connectivity index (χ4n) is 4.20. The van der Waals surface area contributed by atoms with Crippen LogP contribution in [0.15, 0.2) is 36.5 Å². The number of alkyl halides is 3. The Morgan fingerprint density at radius 1 is 1.08 bits per heavy atom. The number of amides is 3. The van der Waals surface area contributed by atoms with Crippen LogP contribution < -0.4 is 15.5 Å². The summed E-state index contributed by atoms with van der Waals surface area (Å²) in [4.78, 5) is 31.3. The topological polar surface area (TPSA) is 86.8 Å². The molecule has 1 atom stereocenters. The molecule has 2 saturated heterocycles. The average Bonchev–Trinajstić information content (AvgIpc) is 3.25. The van der Waals surface area contributed by atoms with E-state index in [4.69, 9.17) is 4.74 Å². The number of aromatic nitrogens is 1. The Morgan fingerprint density at radius 2 is 1.83 bits per heavy atom. The van der Waals surface area contributed by atoms with Crippen LogP contribution in [0.1, 0.15) is 30.0 Å². The monoisotopic (exact) mass is 513 g/mol. The predicted molar refractivity (Wildman–Crippen MR) is 118 cm³/mol. The van der Waals surface area contributed by atoms with Crippen LogP contribution in [-0.4, -0.2) is 60.8 Å². The number of carbonyl (C=O) groups is 2. The Balaban J connectivity index is 1.21. The first-order valence-electron chi connectivity index (χ1n) is 11.3. The summed E-state index contributed by atoms with van der Waals surface area (Å²) in [7, 11) is 0. The minimum atomic E-state index is -4.42. The third-order valence-electron chi connectivity index (χ3n) is 6.15. The van der Waals surface area contributed by atoms with Gasteiger partial charge in [0.05, 0.1) is 5.56 Å². The van der Waals surface area contributed by atoms with Crippen LogP contribution in [0.3, 0.4) is 0 Å². The second-order valence-electron chi connectivity index (χ2n) is 8.49. The van der Waals surface area contributed by atoms with E-state index in [0.717, 1.165) is 42.1 Å². The number of pyridine rings is 1. The van der Waals surface area contributed by atoms with Gasteiger partial charge in [0.15, 0.2) is 11.6 Å². The first-order chi connectivity index (χ1) is 17.1. The third kappa shape index (κ3) is 5.83. The van der Waals surface area contributed by atoms with Crippen LogP contribution in [-0.2, 0) is 10.9 Å². The maximum Gasteiger partial charge on any atom is 0.418 e. The molecule has 0 radical (unpaired) electrons. The molecule has 0 saturated carbocycles. The lowest BCUT2D eigenvalue weighted by Gasteiger charge is -2.33. The molecule has 13 heteroatoms. The van der Waals surface area contributed by atoms with Crippen molar-refractivity contribution < 1.29 is 36.3 Å². The molecule has 0 bridgehead atoms. The van der Waals surface area contributed by atoms with Gasteiger partial charge >= 0.3 is 18.3 Å².